The predicted octanol–water partition coefficient (Wildman–Crippen LogP) is 3.15. The molecule has 3 nitrogen and oxygen atoms in total. The van der Waals surface area contributed by atoms with Crippen LogP contribution in [0.4, 0.5) is 0 Å². The quantitative estimate of drug-likeness (QED) is 0.673. The van der Waals surface area contributed by atoms with Crippen molar-refractivity contribution in [3.8, 4) is 0 Å². The minimum Gasteiger partial charge on any atom is -0.357 e. The van der Waals surface area contributed by atoms with Crippen LogP contribution in [0.15, 0.2) is 41.4 Å². The number of rotatable bonds is 4. The first-order valence-corrected chi connectivity index (χ1v) is 7.62. The third-order valence-corrected chi connectivity index (χ3v) is 3.47. The molecule has 3 heteroatoms. The highest BCUT2D eigenvalue weighted by Crippen LogP contribution is 2.21. The van der Waals surface area contributed by atoms with Gasteiger partial charge >= 0.3 is 0 Å². The van der Waals surface area contributed by atoms with Gasteiger partial charge in [0.1, 0.15) is 0 Å². The summed E-state index contributed by atoms with van der Waals surface area (Å²) in [5.74, 6) is 1.05. The van der Waals surface area contributed by atoms with Crippen molar-refractivity contribution in [2.75, 3.05) is 26.2 Å². The normalized spacial score (nSPS) is 16.0. The van der Waals surface area contributed by atoms with Crippen LogP contribution in [0.1, 0.15) is 32.3 Å². The van der Waals surface area contributed by atoms with E-state index in [9.17, 15) is 0 Å². The molecule has 0 fully saturated rings. The van der Waals surface area contributed by atoms with Gasteiger partial charge in [0.2, 0.25) is 0 Å². The van der Waals surface area contributed by atoms with E-state index < -0.39 is 0 Å². The first-order valence-electron chi connectivity index (χ1n) is 7.62. The van der Waals surface area contributed by atoms with E-state index in [1.165, 1.54) is 11.1 Å². The average molecular weight is 271 g/mol. The molecule has 0 amide bonds. The van der Waals surface area contributed by atoms with Gasteiger partial charge in [-0.15, -0.1) is 0 Å². The Morgan fingerprint density at radius 1 is 1.25 bits per heavy atom. The van der Waals surface area contributed by atoms with Gasteiger partial charge in [0, 0.05) is 26.2 Å². The molecule has 2 rings (SSSR count). The van der Waals surface area contributed by atoms with Crippen molar-refractivity contribution in [3.63, 3.8) is 0 Å². The van der Waals surface area contributed by atoms with Gasteiger partial charge in [0.05, 0.1) is 0 Å². The molecule has 0 radical (unpaired) electrons. The summed E-state index contributed by atoms with van der Waals surface area (Å²) in [6.45, 7) is 8.09. The van der Waals surface area contributed by atoms with Crippen molar-refractivity contribution >= 4 is 11.5 Å². The first kappa shape index (κ1) is 14.6. The van der Waals surface area contributed by atoms with Gasteiger partial charge in [-0.2, -0.15) is 0 Å². The van der Waals surface area contributed by atoms with Crippen LogP contribution in [0.25, 0.3) is 5.57 Å². The minimum absolute atomic E-state index is 0.897. The Kier molecular flexibility index (Phi) is 5.66. The van der Waals surface area contributed by atoms with Crippen LogP contribution in [0, 0.1) is 0 Å². The molecule has 0 aromatic heterocycles. The van der Waals surface area contributed by atoms with Crippen LogP contribution in [0.3, 0.4) is 0 Å². The maximum Gasteiger partial charge on any atom is 0.194 e. The molecule has 20 heavy (non-hydrogen) atoms. The highest BCUT2D eigenvalue weighted by molar-refractivity contribution is 5.81. The number of aliphatic imine (C=N–C) groups is 1. The molecular formula is C17H25N3. The van der Waals surface area contributed by atoms with E-state index in [4.69, 9.17) is 0 Å². The van der Waals surface area contributed by atoms with Crippen molar-refractivity contribution in [1.29, 1.82) is 0 Å². The van der Waals surface area contributed by atoms with Crippen LogP contribution in [0.5, 0.6) is 0 Å². The monoisotopic (exact) mass is 271 g/mol. The third kappa shape index (κ3) is 3.86. The van der Waals surface area contributed by atoms with Gasteiger partial charge in [-0.3, -0.25) is 4.99 Å². The fourth-order valence-electron chi connectivity index (χ4n) is 2.42. The highest BCUT2D eigenvalue weighted by atomic mass is 15.3. The molecule has 108 valence electrons. The molecular weight excluding hydrogens is 246 g/mol. The van der Waals surface area contributed by atoms with E-state index >= 15 is 0 Å². The lowest BCUT2D eigenvalue weighted by atomic mass is 10.00. The topological polar surface area (TPSA) is 27.6 Å². The highest BCUT2D eigenvalue weighted by Gasteiger charge is 2.15. The van der Waals surface area contributed by atoms with E-state index in [-0.39, 0.29) is 0 Å². The molecule has 0 saturated heterocycles. The van der Waals surface area contributed by atoms with Crippen molar-refractivity contribution < 1.29 is 0 Å². The largest absolute Gasteiger partial charge is 0.357 e. The number of nitrogens with zero attached hydrogens (tertiary/aromatic N) is 2. The zero-order valence-electron chi connectivity index (χ0n) is 12.6. The molecule has 1 heterocycles. The second-order valence-electron chi connectivity index (χ2n) is 5.03. The summed E-state index contributed by atoms with van der Waals surface area (Å²) < 4.78 is 0. The molecule has 1 N–H and O–H groups in total. The van der Waals surface area contributed by atoms with E-state index in [2.05, 4.69) is 65.5 Å². The Morgan fingerprint density at radius 3 is 2.65 bits per heavy atom. The Labute approximate surface area is 122 Å². The fourth-order valence-corrected chi connectivity index (χ4v) is 2.42. The van der Waals surface area contributed by atoms with Crippen molar-refractivity contribution in [2.24, 2.45) is 4.99 Å². The average Bonchev–Trinajstić information content (AvgIpc) is 2.52. The van der Waals surface area contributed by atoms with Gasteiger partial charge in [0.25, 0.3) is 0 Å². The number of benzene rings is 1. The number of hydrogen-bond acceptors (Lipinski definition) is 1. The minimum atomic E-state index is 0.897. The molecule has 1 aromatic carbocycles. The first-order chi connectivity index (χ1) is 9.85. The van der Waals surface area contributed by atoms with E-state index in [0.717, 1.165) is 45.0 Å². The van der Waals surface area contributed by atoms with Crippen LogP contribution in [-0.2, 0) is 0 Å². The number of hydrogen-bond donors (Lipinski definition) is 1. The lowest BCUT2D eigenvalue weighted by molar-refractivity contribution is 0.440. The van der Waals surface area contributed by atoms with Crippen LogP contribution in [-0.4, -0.2) is 37.0 Å². The second kappa shape index (κ2) is 7.73. The number of nitrogens with one attached hydrogen (secondary N) is 1. The van der Waals surface area contributed by atoms with Gasteiger partial charge in [-0.25, -0.2) is 0 Å². The lowest BCUT2D eigenvalue weighted by Gasteiger charge is -2.29. The van der Waals surface area contributed by atoms with Crippen molar-refractivity contribution in [3.05, 3.63) is 42.0 Å². The standard InChI is InChI=1S/C17H25N3/c1-3-12-19-17(18-4-2)20-13-10-16(11-14-20)15-8-6-5-7-9-15/h5-10H,3-4,11-14H2,1-2H3,(H,18,19). The summed E-state index contributed by atoms with van der Waals surface area (Å²) in [5.41, 5.74) is 2.80. The summed E-state index contributed by atoms with van der Waals surface area (Å²) in [4.78, 5) is 6.99. The molecule has 1 aliphatic heterocycles. The van der Waals surface area contributed by atoms with Crippen molar-refractivity contribution in [1.82, 2.24) is 10.2 Å². The Morgan fingerprint density at radius 2 is 2.05 bits per heavy atom. The summed E-state index contributed by atoms with van der Waals surface area (Å²) in [5, 5.41) is 3.39. The number of guanidine groups is 1. The maximum absolute atomic E-state index is 4.66. The molecule has 0 aliphatic carbocycles. The summed E-state index contributed by atoms with van der Waals surface area (Å²) in [6, 6.07) is 10.7. The smallest absolute Gasteiger partial charge is 0.194 e. The summed E-state index contributed by atoms with van der Waals surface area (Å²) >= 11 is 0. The van der Waals surface area contributed by atoms with Gasteiger partial charge in [-0.05, 0) is 30.9 Å². The van der Waals surface area contributed by atoms with Gasteiger partial charge in [0.15, 0.2) is 5.96 Å². The third-order valence-electron chi connectivity index (χ3n) is 3.47. The molecule has 1 aliphatic rings. The Hall–Kier alpha value is -1.77. The van der Waals surface area contributed by atoms with Gasteiger partial charge in [-0.1, -0.05) is 43.3 Å². The van der Waals surface area contributed by atoms with Crippen LogP contribution < -0.4 is 5.32 Å². The van der Waals surface area contributed by atoms with Crippen LogP contribution in [0.2, 0.25) is 0 Å². The molecule has 0 saturated carbocycles. The van der Waals surface area contributed by atoms with E-state index in [1.54, 1.807) is 0 Å². The molecule has 0 bridgehead atoms. The van der Waals surface area contributed by atoms with E-state index in [0.29, 0.717) is 0 Å². The SMILES string of the molecule is CCCN=C(NCC)N1CC=C(c2ccccc2)CC1. The second-order valence-corrected chi connectivity index (χ2v) is 5.03. The lowest BCUT2D eigenvalue weighted by Crippen LogP contribution is -2.43. The fraction of sp³-hybridized carbons (Fsp3) is 0.471. The van der Waals surface area contributed by atoms with Gasteiger partial charge < -0.3 is 10.2 Å². The Bertz CT molecular complexity index is 462. The van der Waals surface area contributed by atoms with E-state index in [1.807, 2.05) is 0 Å². The van der Waals surface area contributed by atoms with Crippen LogP contribution >= 0.6 is 0 Å². The Balaban J connectivity index is 2.03. The molecule has 1 aromatic rings. The zero-order chi connectivity index (χ0) is 14.2. The van der Waals surface area contributed by atoms with Crippen molar-refractivity contribution in [2.45, 2.75) is 26.7 Å². The maximum atomic E-state index is 4.66. The molecule has 0 atom stereocenters. The molecule has 0 spiro atoms. The predicted molar refractivity (Wildman–Crippen MR) is 86.9 cm³/mol. The molecule has 0 unspecified atom stereocenters. The zero-order valence-corrected chi connectivity index (χ0v) is 12.6. The summed E-state index contributed by atoms with van der Waals surface area (Å²) in [7, 11) is 0. The summed E-state index contributed by atoms with van der Waals surface area (Å²) in [6.07, 6.45) is 4.51.